The number of ether oxygens (including phenoxy) is 1. The number of aromatic nitrogens is 1. The standard InChI is InChI=1S/C14H20N2O2/c1-13(2)12(14(13,3)4)16-9-6-7-15-10(8-9)11(17)18-5/h6-8,12H,1-5H3,(H,15,16). The predicted molar refractivity (Wildman–Crippen MR) is 70.5 cm³/mol. The van der Waals surface area contributed by atoms with Gasteiger partial charge in [-0.1, -0.05) is 27.7 Å². The Balaban J connectivity index is 2.15. The summed E-state index contributed by atoms with van der Waals surface area (Å²) in [6.45, 7) is 8.97. The number of carbonyl (C=O) groups is 1. The Morgan fingerprint density at radius 2 is 1.94 bits per heavy atom. The van der Waals surface area contributed by atoms with Crippen LogP contribution in [0.1, 0.15) is 38.2 Å². The lowest BCUT2D eigenvalue weighted by molar-refractivity contribution is 0.0594. The van der Waals surface area contributed by atoms with Crippen LogP contribution < -0.4 is 5.32 Å². The molecule has 1 saturated carbocycles. The van der Waals surface area contributed by atoms with Crippen LogP contribution in [0.3, 0.4) is 0 Å². The maximum Gasteiger partial charge on any atom is 0.356 e. The lowest BCUT2D eigenvalue weighted by atomic mass is 10.0. The monoisotopic (exact) mass is 248 g/mol. The minimum atomic E-state index is -0.409. The van der Waals surface area contributed by atoms with Crippen molar-refractivity contribution < 1.29 is 9.53 Å². The zero-order chi connectivity index (χ0) is 13.6. The first-order valence-corrected chi connectivity index (χ1v) is 6.11. The third-order valence-electron chi connectivity index (χ3n) is 4.49. The second kappa shape index (κ2) is 3.97. The molecule has 1 aliphatic rings. The van der Waals surface area contributed by atoms with Gasteiger partial charge < -0.3 is 10.1 Å². The number of esters is 1. The average molecular weight is 248 g/mol. The molecule has 0 spiro atoms. The number of anilines is 1. The summed E-state index contributed by atoms with van der Waals surface area (Å²) in [4.78, 5) is 15.4. The van der Waals surface area contributed by atoms with Crippen molar-refractivity contribution in [3.8, 4) is 0 Å². The molecule has 1 heterocycles. The Morgan fingerprint density at radius 3 is 2.44 bits per heavy atom. The molecular formula is C14H20N2O2. The van der Waals surface area contributed by atoms with Gasteiger partial charge in [-0.2, -0.15) is 0 Å². The van der Waals surface area contributed by atoms with E-state index < -0.39 is 5.97 Å². The fourth-order valence-corrected chi connectivity index (χ4v) is 2.46. The number of rotatable bonds is 3. The molecule has 0 atom stereocenters. The zero-order valence-electron chi connectivity index (χ0n) is 11.6. The molecule has 1 aromatic rings. The van der Waals surface area contributed by atoms with Crippen LogP contribution in [0.5, 0.6) is 0 Å². The number of methoxy groups -OCH3 is 1. The molecule has 4 nitrogen and oxygen atoms in total. The van der Waals surface area contributed by atoms with Crippen LogP contribution in [-0.4, -0.2) is 24.1 Å². The van der Waals surface area contributed by atoms with Gasteiger partial charge in [0, 0.05) is 17.9 Å². The van der Waals surface area contributed by atoms with Gasteiger partial charge >= 0.3 is 5.97 Å². The van der Waals surface area contributed by atoms with Gasteiger partial charge in [0.05, 0.1) is 7.11 Å². The Morgan fingerprint density at radius 1 is 1.33 bits per heavy atom. The van der Waals surface area contributed by atoms with E-state index in [-0.39, 0.29) is 10.8 Å². The number of pyridine rings is 1. The summed E-state index contributed by atoms with van der Waals surface area (Å²) in [5.74, 6) is -0.409. The predicted octanol–water partition coefficient (Wildman–Crippen LogP) is 2.71. The van der Waals surface area contributed by atoms with Gasteiger partial charge in [-0.25, -0.2) is 9.78 Å². The highest BCUT2D eigenvalue weighted by atomic mass is 16.5. The fraction of sp³-hybridized carbons (Fsp3) is 0.571. The van der Waals surface area contributed by atoms with E-state index >= 15 is 0 Å². The Bertz CT molecular complexity index is 466. The molecule has 98 valence electrons. The lowest BCUT2D eigenvalue weighted by Crippen LogP contribution is -2.11. The Hall–Kier alpha value is -1.58. The van der Waals surface area contributed by atoms with Gasteiger partial charge in [0.25, 0.3) is 0 Å². The number of nitrogens with one attached hydrogen (secondary N) is 1. The van der Waals surface area contributed by atoms with Gasteiger partial charge in [0.2, 0.25) is 0 Å². The van der Waals surface area contributed by atoms with Crippen LogP contribution in [0.15, 0.2) is 18.3 Å². The van der Waals surface area contributed by atoms with Crippen molar-refractivity contribution in [2.45, 2.75) is 33.7 Å². The van der Waals surface area contributed by atoms with Crippen LogP contribution in [0.25, 0.3) is 0 Å². The van der Waals surface area contributed by atoms with Crippen molar-refractivity contribution in [1.82, 2.24) is 4.98 Å². The second-order valence-corrected chi connectivity index (χ2v) is 5.94. The Labute approximate surface area is 108 Å². The minimum Gasteiger partial charge on any atom is -0.464 e. The molecule has 1 aliphatic carbocycles. The molecule has 4 heteroatoms. The van der Waals surface area contributed by atoms with Crippen molar-refractivity contribution in [1.29, 1.82) is 0 Å². The molecule has 0 radical (unpaired) electrons. The van der Waals surface area contributed by atoms with E-state index in [1.165, 1.54) is 7.11 Å². The van der Waals surface area contributed by atoms with Crippen LogP contribution >= 0.6 is 0 Å². The van der Waals surface area contributed by atoms with Gasteiger partial charge in [0.1, 0.15) is 5.69 Å². The van der Waals surface area contributed by atoms with Crippen molar-refractivity contribution in [3.05, 3.63) is 24.0 Å². The highest BCUT2D eigenvalue weighted by molar-refractivity contribution is 5.88. The smallest absolute Gasteiger partial charge is 0.356 e. The summed E-state index contributed by atoms with van der Waals surface area (Å²) < 4.78 is 4.66. The number of nitrogens with zero attached hydrogens (tertiary/aromatic N) is 1. The topological polar surface area (TPSA) is 51.2 Å². The van der Waals surface area contributed by atoms with E-state index in [1.54, 1.807) is 12.3 Å². The van der Waals surface area contributed by atoms with Crippen molar-refractivity contribution in [2.24, 2.45) is 10.8 Å². The molecule has 18 heavy (non-hydrogen) atoms. The first-order chi connectivity index (χ1) is 8.30. The summed E-state index contributed by atoms with van der Waals surface area (Å²) in [6, 6.07) is 4.01. The second-order valence-electron chi connectivity index (χ2n) is 5.94. The van der Waals surface area contributed by atoms with Crippen LogP contribution in [0, 0.1) is 10.8 Å². The molecule has 0 bridgehead atoms. The van der Waals surface area contributed by atoms with E-state index in [4.69, 9.17) is 0 Å². The number of carbonyl (C=O) groups excluding carboxylic acids is 1. The first kappa shape index (κ1) is 12.9. The quantitative estimate of drug-likeness (QED) is 0.836. The van der Waals surface area contributed by atoms with Crippen molar-refractivity contribution in [3.63, 3.8) is 0 Å². The molecule has 0 amide bonds. The lowest BCUT2D eigenvalue weighted by Gasteiger charge is -2.09. The first-order valence-electron chi connectivity index (χ1n) is 6.11. The Kier molecular flexibility index (Phi) is 2.84. The zero-order valence-corrected chi connectivity index (χ0v) is 11.6. The molecular weight excluding hydrogens is 228 g/mol. The molecule has 1 aromatic heterocycles. The highest BCUT2D eigenvalue weighted by Gasteiger charge is 2.64. The largest absolute Gasteiger partial charge is 0.464 e. The third kappa shape index (κ3) is 1.85. The molecule has 0 aliphatic heterocycles. The highest BCUT2D eigenvalue weighted by Crippen LogP contribution is 2.63. The summed E-state index contributed by atoms with van der Waals surface area (Å²) in [6.07, 6.45) is 1.62. The third-order valence-corrected chi connectivity index (χ3v) is 4.49. The molecule has 0 unspecified atom stereocenters. The van der Waals surface area contributed by atoms with Crippen LogP contribution in [0.4, 0.5) is 5.69 Å². The van der Waals surface area contributed by atoms with E-state index in [0.717, 1.165) is 5.69 Å². The molecule has 1 fully saturated rings. The maximum atomic E-state index is 11.4. The van der Waals surface area contributed by atoms with Crippen LogP contribution in [-0.2, 0) is 4.74 Å². The van der Waals surface area contributed by atoms with E-state index in [2.05, 4.69) is 42.7 Å². The summed E-state index contributed by atoms with van der Waals surface area (Å²) in [7, 11) is 1.36. The number of hydrogen-bond donors (Lipinski definition) is 1. The van der Waals surface area contributed by atoms with Gasteiger partial charge in [0.15, 0.2) is 0 Å². The molecule has 0 saturated heterocycles. The van der Waals surface area contributed by atoms with Gasteiger partial charge in [-0.3, -0.25) is 0 Å². The summed E-state index contributed by atoms with van der Waals surface area (Å²) in [5, 5.41) is 3.47. The van der Waals surface area contributed by atoms with Crippen LogP contribution in [0.2, 0.25) is 0 Å². The van der Waals surface area contributed by atoms with Crippen molar-refractivity contribution >= 4 is 11.7 Å². The molecule has 1 N–H and O–H groups in total. The van der Waals surface area contributed by atoms with E-state index in [9.17, 15) is 4.79 Å². The fourth-order valence-electron chi connectivity index (χ4n) is 2.46. The normalized spacial score (nSPS) is 20.3. The average Bonchev–Trinajstić information content (AvgIpc) is 2.71. The van der Waals surface area contributed by atoms with E-state index in [1.807, 2.05) is 6.07 Å². The van der Waals surface area contributed by atoms with Gasteiger partial charge in [-0.05, 0) is 23.0 Å². The maximum absolute atomic E-state index is 11.4. The SMILES string of the molecule is COC(=O)c1cc(NC2C(C)(C)C2(C)C)ccn1. The summed E-state index contributed by atoms with van der Waals surface area (Å²) in [5.41, 5.74) is 1.75. The summed E-state index contributed by atoms with van der Waals surface area (Å²) >= 11 is 0. The molecule has 0 aromatic carbocycles. The van der Waals surface area contributed by atoms with Gasteiger partial charge in [-0.15, -0.1) is 0 Å². The number of hydrogen-bond acceptors (Lipinski definition) is 4. The van der Waals surface area contributed by atoms with E-state index in [0.29, 0.717) is 11.7 Å². The molecule has 2 rings (SSSR count). The van der Waals surface area contributed by atoms with Crippen molar-refractivity contribution in [2.75, 3.05) is 12.4 Å². The minimum absolute atomic E-state index is 0.252.